The van der Waals surface area contributed by atoms with Crippen molar-refractivity contribution in [2.75, 3.05) is 25.1 Å². The molecule has 5 atom stereocenters. The van der Waals surface area contributed by atoms with E-state index in [9.17, 15) is 9.59 Å². The van der Waals surface area contributed by atoms with Gasteiger partial charge in [0.2, 0.25) is 5.91 Å². The molecule has 1 saturated carbocycles. The molecule has 1 spiro atoms. The normalized spacial score (nSPS) is 38.5. The molecular formula is C23H30N2O3. The lowest BCUT2D eigenvalue weighted by atomic mass is 9.49. The Balaban J connectivity index is 1.79. The lowest BCUT2D eigenvalue weighted by molar-refractivity contribution is -0.154. The zero-order valence-electron chi connectivity index (χ0n) is 17.1. The van der Waals surface area contributed by atoms with Crippen LogP contribution in [0.3, 0.4) is 0 Å². The van der Waals surface area contributed by atoms with Crippen LogP contribution in [-0.4, -0.2) is 49.1 Å². The van der Waals surface area contributed by atoms with Crippen LogP contribution >= 0.6 is 0 Å². The molecule has 1 aliphatic carbocycles. The molecule has 0 N–H and O–H groups in total. The fraction of sp³-hybridized carbons (Fsp3) is 0.652. The summed E-state index contributed by atoms with van der Waals surface area (Å²) in [4.78, 5) is 30.5. The molecule has 3 aliphatic heterocycles. The minimum absolute atomic E-state index is 0.0292. The largest absolute Gasteiger partial charge is 0.469 e. The van der Waals surface area contributed by atoms with Gasteiger partial charge in [-0.2, -0.15) is 0 Å². The Bertz CT molecular complexity index is 839. The first-order chi connectivity index (χ1) is 13.5. The van der Waals surface area contributed by atoms with E-state index in [1.54, 1.807) is 6.92 Å². The minimum atomic E-state index is -0.268. The van der Waals surface area contributed by atoms with Gasteiger partial charge in [-0.05, 0) is 62.2 Å². The van der Waals surface area contributed by atoms with Crippen molar-refractivity contribution in [2.45, 2.75) is 63.5 Å². The van der Waals surface area contributed by atoms with Gasteiger partial charge < -0.3 is 9.64 Å². The van der Waals surface area contributed by atoms with Crippen molar-refractivity contribution in [3.05, 3.63) is 29.8 Å². The van der Waals surface area contributed by atoms with Gasteiger partial charge in [0.05, 0.1) is 19.1 Å². The van der Waals surface area contributed by atoms with Crippen LogP contribution < -0.4 is 4.90 Å². The van der Waals surface area contributed by atoms with Gasteiger partial charge in [-0.15, -0.1) is 0 Å². The number of esters is 1. The van der Waals surface area contributed by atoms with E-state index in [1.165, 1.54) is 19.1 Å². The van der Waals surface area contributed by atoms with Crippen LogP contribution in [0.25, 0.3) is 0 Å². The summed E-state index contributed by atoms with van der Waals surface area (Å²) in [5.41, 5.74) is 2.23. The second-order valence-electron chi connectivity index (χ2n) is 9.23. The fourth-order valence-electron chi connectivity index (χ4n) is 7.62. The number of carbonyl (C=O) groups is 2. The van der Waals surface area contributed by atoms with Gasteiger partial charge in [-0.3, -0.25) is 14.5 Å². The predicted molar refractivity (Wildman–Crippen MR) is 107 cm³/mol. The average Bonchev–Trinajstić information content (AvgIpc) is 3.25. The number of fused-ring (bicyclic) bond motifs is 1. The molecule has 3 heterocycles. The molecule has 1 aromatic carbocycles. The van der Waals surface area contributed by atoms with E-state index in [1.807, 2.05) is 11.0 Å². The Morgan fingerprint density at radius 2 is 2.00 bits per heavy atom. The highest BCUT2D eigenvalue weighted by atomic mass is 16.5. The van der Waals surface area contributed by atoms with Gasteiger partial charge in [0.1, 0.15) is 0 Å². The van der Waals surface area contributed by atoms with Gasteiger partial charge in [0.25, 0.3) is 0 Å². The van der Waals surface area contributed by atoms with Crippen molar-refractivity contribution in [2.24, 2.45) is 11.3 Å². The minimum Gasteiger partial charge on any atom is -0.469 e. The van der Waals surface area contributed by atoms with Gasteiger partial charge in [-0.25, -0.2) is 0 Å². The smallest absolute Gasteiger partial charge is 0.310 e. The molecule has 5 heteroatoms. The number of rotatable bonds is 2. The van der Waals surface area contributed by atoms with Gasteiger partial charge in [0, 0.05) is 24.1 Å². The van der Waals surface area contributed by atoms with Crippen LogP contribution in [0, 0.1) is 11.3 Å². The number of carbonyl (C=O) groups excluding carboxylic acids is 2. The maximum atomic E-state index is 13.1. The van der Waals surface area contributed by atoms with Crippen molar-refractivity contribution in [1.82, 2.24) is 4.90 Å². The maximum absolute atomic E-state index is 13.1. The zero-order valence-corrected chi connectivity index (χ0v) is 17.1. The number of hydrogen-bond donors (Lipinski definition) is 0. The number of hydrogen-bond acceptors (Lipinski definition) is 4. The predicted octanol–water partition coefficient (Wildman–Crippen LogP) is 3.12. The highest BCUT2D eigenvalue weighted by molar-refractivity contribution is 5.97. The Morgan fingerprint density at radius 1 is 1.21 bits per heavy atom. The van der Waals surface area contributed by atoms with Crippen molar-refractivity contribution < 1.29 is 14.3 Å². The second kappa shape index (κ2) is 6.06. The number of anilines is 1. The number of methoxy groups -OCH3 is 1. The third-order valence-electron chi connectivity index (χ3n) is 8.39. The molecular weight excluding hydrogens is 352 g/mol. The lowest BCUT2D eigenvalue weighted by Gasteiger charge is -2.60. The van der Waals surface area contributed by atoms with E-state index in [2.05, 4.69) is 30.0 Å². The summed E-state index contributed by atoms with van der Waals surface area (Å²) in [7, 11) is 1.49. The average molecular weight is 383 g/mol. The number of para-hydroxylation sites is 1. The summed E-state index contributed by atoms with van der Waals surface area (Å²) < 4.78 is 5.31. The maximum Gasteiger partial charge on any atom is 0.310 e. The van der Waals surface area contributed by atoms with Crippen LogP contribution in [0.2, 0.25) is 0 Å². The van der Waals surface area contributed by atoms with Crippen LogP contribution in [0.1, 0.15) is 51.5 Å². The standard InChI is InChI=1S/C23H30N2O3/c1-4-22-10-7-12-24-13-11-23(21(22)24)17-8-5-6-9-18(17)25(15(2)26)19(23)16(14-22)20(27)28-3/h5-6,8-9,16,19,21H,4,7,10-14H2,1-3H3/t16-,19-,21-,22-,23+/m0/s1. The van der Waals surface area contributed by atoms with Crippen molar-refractivity contribution in [3.63, 3.8) is 0 Å². The molecule has 2 saturated heterocycles. The Kier molecular flexibility index (Phi) is 3.93. The third-order valence-corrected chi connectivity index (χ3v) is 8.39. The number of piperidine rings is 1. The lowest BCUT2D eigenvalue weighted by Crippen LogP contribution is -2.69. The van der Waals surface area contributed by atoms with Crippen molar-refractivity contribution in [3.8, 4) is 0 Å². The molecule has 28 heavy (non-hydrogen) atoms. The molecule has 1 aromatic rings. The Hall–Kier alpha value is -1.88. The van der Waals surface area contributed by atoms with Crippen molar-refractivity contribution in [1.29, 1.82) is 0 Å². The first kappa shape index (κ1) is 18.2. The topological polar surface area (TPSA) is 49.9 Å². The molecule has 1 amide bonds. The highest BCUT2D eigenvalue weighted by Gasteiger charge is 2.71. The summed E-state index contributed by atoms with van der Waals surface area (Å²) in [5.74, 6) is -0.393. The van der Waals surface area contributed by atoms with Gasteiger partial charge in [-0.1, -0.05) is 25.1 Å². The first-order valence-electron chi connectivity index (χ1n) is 10.7. The van der Waals surface area contributed by atoms with Crippen LogP contribution in [0.4, 0.5) is 5.69 Å². The zero-order chi connectivity index (χ0) is 19.7. The van der Waals surface area contributed by atoms with E-state index < -0.39 is 0 Å². The number of ether oxygens (including phenoxy) is 1. The summed E-state index contributed by atoms with van der Waals surface area (Å²) in [6, 6.07) is 8.64. The molecule has 0 unspecified atom stereocenters. The Labute approximate surface area is 167 Å². The van der Waals surface area contributed by atoms with Gasteiger partial charge >= 0.3 is 5.97 Å². The molecule has 0 bridgehead atoms. The third kappa shape index (κ3) is 2.01. The number of nitrogens with zero attached hydrogens (tertiary/aromatic N) is 2. The van der Waals surface area contributed by atoms with Gasteiger partial charge in [0.15, 0.2) is 0 Å². The van der Waals surface area contributed by atoms with E-state index >= 15 is 0 Å². The summed E-state index contributed by atoms with van der Waals surface area (Å²) >= 11 is 0. The molecule has 5 rings (SSSR count). The second-order valence-corrected chi connectivity index (χ2v) is 9.23. The van der Waals surface area contributed by atoms with Crippen molar-refractivity contribution >= 4 is 17.6 Å². The molecule has 3 fully saturated rings. The summed E-state index contributed by atoms with van der Waals surface area (Å²) in [6.45, 7) is 6.11. The monoisotopic (exact) mass is 382 g/mol. The molecule has 150 valence electrons. The quantitative estimate of drug-likeness (QED) is 0.738. The molecule has 0 radical (unpaired) electrons. The fourth-order valence-corrected chi connectivity index (χ4v) is 7.62. The van der Waals surface area contributed by atoms with Crippen LogP contribution in [-0.2, 0) is 19.7 Å². The first-order valence-corrected chi connectivity index (χ1v) is 10.7. The highest BCUT2D eigenvalue weighted by Crippen LogP contribution is 2.66. The van der Waals surface area contributed by atoms with E-state index in [0.29, 0.717) is 6.04 Å². The van der Waals surface area contributed by atoms with E-state index in [-0.39, 0.29) is 34.7 Å². The molecule has 4 aliphatic rings. The number of amides is 1. The van der Waals surface area contributed by atoms with E-state index in [0.717, 1.165) is 44.5 Å². The summed E-state index contributed by atoms with van der Waals surface area (Å²) in [6.07, 6.45) is 5.25. The van der Waals surface area contributed by atoms with Crippen LogP contribution in [0.15, 0.2) is 24.3 Å². The molecule has 5 nitrogen and oxygen atoms in total. The summed E-state index contributed by atoms with van der Waals surface area (Å²) in [5, 5.41) is 0. The SMILES string of the molecule is CC[C@]12CCCN3CC[C@]4(c5ccccc5N(C(C)=O)[C@H]4[C@@H](C(=O)OC)C1)[C@@H]32. The number of benzene rings is 1. The van der Waals surface area contributed by atoms with E-state index in [4.69, 9.17) is 4.74 Å². The van der Waals surface area contributed by atoms with Crippen LogP contribution in [0.5, 0.6) is 0 Å². The Morgan fingerprint density at radius 3 is 2.71 bits per heavy atom. The molecule has 0 aromatic heterocycles.